The van der Waals surface area contributed by atoms with E-state index in [1.165, 1.54) is 0 Å². The molecule has 0 aliphatic carbocycles. The van der Waals surface area contributed by atoms with E-state index in [4.69, 9.17) is 16.2 Å². The van der Waals surface area contributed by atoms with E-state index < -0.39 is 0 Å². The number of aromatic nitrogens is 3. The SMILES string of the molecule is CCC(CC)(c1ccc(OC)cc1)c1nnc(N)nc1N. The molecule has 4 N–H and O–H groups in total. The highest BCUT2D eigenvalue weighted by molar-refractivity contribution is 5.48. The van der Waals surface area contributed by atoms with Crippen LogP contribution in [0.5, 0.6) is 5.75 Å². The van der Waals surface area contributed by atoms with Crippen molar-refractivity contribution in [1.82, 2.24) is 15.2 Å². The number of benzene rings is 1. The number of hydrogen-bond acceptors (Lipinski definition) is 6. The van der Waals surface area contributed by atoms with Crippen LogP contribution in [0.15, 0.2) is 24.3 Å². The minimum Gasteiger partial charge on any atom is -0.497 e. The average molecular weight is 287 g/mol. The van der Waals surface area contributed by atoms with Gasteiger partial charge in [0.2, 0.25) is 5.95 Å². The molecular formula is C15H21N5O. The van der Waals surface area contributed by atoms with Crippen molar-refractivity contribution in [2.45, 2.75) is 32.1 Å². The van der Waals surface area contributed by atoms with Gasteiger partial charge >= 0.3 is 0 Å². The molecular weight excluding hydrogens is 266 g/mol. The van der Waals surface area contributed by atoms with Crippen LogP contribution in [0.1, 0.15) is 37.9 Å². The normalized spacial score (nSPS) is 11.4. The summed E-state index contributed by atoms with van der Waals surface area (Å²) in [5.74, 6) is 1.24. The Bertz CT molecular complexity index is 608. The fraction of sp³-hybridized carbons (Fsp3) is 0.400. The third-order valence-electron chi connectivity index (χ3n) is 4.03. The Morgan fingerprint density at radius 3 is 2.14 bits per heavy atom. The van der Waals surface area contributed by atoms with E-state index >= 15 is 0 Å². The van der Waals surface area contributed by atoms with Crippen LogP contribution in [-0.4, -0.2) is 22.3 Å². The molecule has 1 aromatic carbocycles. The fourth-order valence-electron chi connectivity index (χ4n) is 2.73. The standard InChI is InChI=1S/C15H21N5O/c1-4-15(5-2,10-6-8-11(21-3)9-7-10)12-13(16)18-14(17)20-19-12/h6-9H,4-5H2,1-3H3,(H4,16,17,18,20). The summed E-state index contributed by atoms with van der Waals surface area (Å²) in [6.07, 6.45) is 1.67. The van der Waals surface area contributed by atoms with Gasteiger partial charge in [-0.15, -0.1) is 10.2 Å². The van der Waals surface area contributed by atoms with E-state index in [1.807, 2.05) is 24.3 Å². The molecule has 0 amide bonds. The molecule has 1 heterocycles. The molecule has 0 atom stereocenters. The van der Waals surface area contributed by atoms with Gasteiger partial charge in [-0.3, -0.25) is 0 Å². The molecule has 1 aromatic heterocycles. The number of nitrogen functional groups attached to an aromatic ring is 2. The monoisotopic (exact) mass is 287 g/mol. The summed E-state index contributed by atoms with van der Waals surface area (Å²) in [6, 6.07) is 7.93. The van der Waals surface area contributed by atoms with Crippen LogP contribution in [0.25, 0.3) is 0 Å². The van der Waals surface area contributed by atoms with Crippen molar-refractivity contribution in [2.75, 3.05) is 18.6 Å². The van der Waals surface area contributed by atoms with Gasteiger partial charge in [-0.1, -0.05) is 26.0 Å². The maximum absolute atomic E-state index is 6.03. The van der Waals surface area contributed by atoms with Crippen LogP contribution in [0.3, 0.4) is 0 Å². The molecule has 0 radical (unpaired) electrons. The number of hydrogen-bond donors (Lipinski definition) is 2. The molecule has 0 bridgehead atoms. The molecule has 6 heteroatoms. The lowest BCUT2D eigenvalue weighted by Gasteiger charge is -2.32. The van der Waals surface area contributed by atoms with E-state index in [0.717, 1.165) is 24.2 Å². The van der Waals surface area contributed by atoms with Gasteiger partial charge in [0.25, 0.3) is 0 Å². The molecule has 0 fully saturated rings. The van der Waals surface area contributed by atoms with Crippen LogP contribution in [0.2, 0.25) is 0 Å². The summed E-state index contributed by atoms with van der Waals surface area (Å²) in [7, 11) is 1.65. The number of nitrogens with two attached hydrogens (primary N) is 2. The lowest BCUT2D eigenvalue weighted by molar-refractivity contribution is 0.413. The zero-order valence-electron chi connectivity index (χ0n) is 12.6. The highest BCUT2D eigenvalue weighted by Crippen LogP contribution is 2.40. The Balaban J connectivity index is 2.58. The highest BCUT2D eigenvalue weighted by Gasteiger charge is 2.35. The zero-order valence-corrected chi connectivity index (χ0v) is 12.6. The van der Waals surface area contributed by atoms with E-state index in [2.05, 4.69) is 29.0 Å². The lowest BCUT2D eigenvalue weighted by atomic mass is 9.73. The summed E-state index contributed by atoms with van der Waals surface area (Å²) in [5.41, 5.74) is 13.0. The van der Waals surface area contributed by atoms with Crippen molar-refractivity contribution in [1.29, 1.82) is 0 Å². The molecule has 2 aromatic rings. The number of rotatable bonds is 5. The Kier molecular flexibility index (Phi) is 4.26. The number of methoxy groups -OCH3 is 1. The van der Waals surface area contributed by atoms with Crippen LogP contribution in [0.4, 0.5) is 11.8 Å². The quantitative estimate of drug-likeness (QED) is 0.874. The molecule has 0 aliphatic heterocycles. The van der Waals surface area contributed by atoms with Gasteiger partial charge in [0.1, 0.15) is 11.4 Å². The van der Waals surface area contributed by atoms with Crippen molar-refractivity contribution >= 4 is 11.8 Å². The smallest absolute Gasteiger partial charge is 0.242 e. The Morgan fingerprint density at radius 2 is 1.67 bits per heavy atom. The highest BCUT2D eigenvalue weighted by atomic mass is 16.5. The Hall–Kier alpha value is -2.37. The first-order valence-electron chi connectivity index (χ1n) is 6.98. The molecule has 0 saturated heterocycles. The predicted octanol–water partition coefficient (Wildman–Crippen LogP) is 2.15. The Morgan fingerprint density at radius 1 is 1.05 bits per heavy atom. The van der Waals surface area contributed by atoms with Gasteiger partial charge in [0, 0.05) is 5.41 Å². The van der Waals surface area contributed by atoms with Gasteiger partial charge in [0.15, 0.2) is 5.82 Å². The summed E-state index contributed by atoms with van der Waals surface area (Å²) >= 11 is 0. The van der Waals surface area contributed by atoms with E-state index in [-0.39, 0.29) is 11.4 Å². The second-order valence-corrected chi connectivity index (χ2v) is 4.92. The van der Waals surface area contributed by atoms with E-state index in [1.54, 1.807) is 7.11 Å². The van der Waals surface area contributed by atoms with Crippen LogP contribution in [-0.2, 0) is 5.41 Å². The van der Waals surface area contributed by atoms with Crippen LogP contribution in [0, 0.1) is 0 Å². The van der Waals surface area contributed by atoms with Crippen LogP contribution >= 0.6 is 0 Å². The summed E-state index contributed by atoms with van der Waals surface area (Å²) in [5, 5.41) is 8.09. The third kappa shape index (κ3) is 2.61. The second kappa shape index (κ2) is 5.95. The zero-order chi connectivity index (χ0) is 15.5. The first kappa shape index (κ1) is 15.0. The molecule has 112 valence electrons. The van der Waals surface area contributed by atoms with E-state index in [9.17, 15) is 0 Å². The number of ether oxygens (including phenoxy) is 1. The molecule has 6 nitrogen and oxygen atoms in total. The summed E-state index contributed by atoms with van der Waals surface area (Å²) in [6.45, 7) is 4.20. The molecule has 0 unspecified atom stereocenters. The van der Waals surface area contributed by atoms with Gasteiger partial charge in [-0.2, -0.15) is 4.98 Å². The molecule has 0 aliphatic rings. The van der Waals surface area contributed by atoms with Crippen molar-refractivity contribution in [2.24, 2.45) is 0 Å². The summed E-state index contributed by atoms with van der Waals surface area (Å²) < 4.78 is 5.21. The first-order valence-corrected chi connectivity index (χ1v) is 6.98. The van der Waals surface area contributed by atoms with Gasteiger partial charge in [-0.25, -0.2) is 0 Å². The van der Waals surface area contributed by atoms with Gasteiger partial charge in [-0.05, 0) is 30.5 Å². The van der Waals surface area contributed by atoms with Crippen molar-refractivity contribution in [3.63, 3.8) is 0 Å². The minimum absolute atomic E-state index is 0.0899. The molecule has 0 spiro atoms. The van der Waals surface area contributed by atoms with Gasteiger partial charge < -0.3 is 16.2 Å². The summed E-state index contributed by atoms with van der Waals surface area (Å²) in [4.78, 5) is 4.05. The van der Waals surface area contributed by atoms with E-state index in [0.29, 0.717) is 11.5 Å². The second-order valence-electron chi connectivity index (χ2n) is 4.92. The first-order chi connectivity index (χ1) is 10.1. The largest absolute Gasteiger partial charge is 0.497 e. The predicted molar refractivity (Wildman–Crippen MR) is 83.0 cm³/mol. The number of anilines is 2. The maximum Gasteiger partial charge on any atom is 0.242 e. The minimum atomic E-state index is -0.329. The number of nitrogens with zero attached hydrogens (tertiary/aromatic N) is 3. The molecule has 0 saturated carbocycles. The Labute approximate surface area is 124 Å². The van der Waals surface area contributed by atoms with Crippen molar-refractivity contribution in [3.05, 3.63) is 35.5 Å². The topological polar surface area (TPSA) is 99.9 Å². The van der Waals surface area contributed by atoms with Crippen molar-refractivity contribution < 1.29 is 4.74 Å². The fourth-order valence-corrected chi connectivity index (χ4v) is 2.73. The lowest BCUT2D eigenvalue weighted by Crippen LogP contribution is -2.30. The maximum atomic E-state index is 6.03. The van der Waals surface area contributed by atoms with Crippen LogP contribution < -0.4 is 16.2 Å². The van der Waals surface area contributed by atoms with Crippen molar-refractivity contribution in [3.8, 4) is 5.75 Å². The average Bonchev–Trinajstić information content (AvgIpc) is 2.51. The van der Waals surface area contributed by atoms with Gasteiger partial charge in [0.05, 0.1) is 7.11 Å². The molecule has 2 rings (SSSR count). The molecule has 21 heavy (non-hydrogen) atoms. The third-order valence-corrected chi connectivity index (χ3v) is 4.03.